The molecule has 2 rings (SSSR count). The van der Waals surface area contributed by atoms with Crippen LogP contribution in [0.15, 0.2) is 48.7 Å². The summed E-state index contributed by atoms with van der Waals surface area (Å²) in [4.78, 5) is 3.34. The predicted molar refractivity (Wildman–Crippen MR) is 75.1 cm³/mol. The van der Waals surface area contributed by atoms with Gasteiger partial charge in [-0.3, -0.25) is 4.98 Å². The van der Waals surface area contributed by atoms with Gasteiger partial charge in [0.15, 0.2) is 0 Å². The third-order valence-corrected chi connectivity index (χ3v) is 2.92. The number of aromatic nitrogens is 1. The molecule has 0 spiro atoms. The van der Waals surface area contributed by atoms with Crippen LogP contribution in [-0.2, 0) is 12.6 Å². The Labute approximate surface area is 133 Å². The second kappa shape index (κ2) is 6.94. The first-order chi connectivity index (χ1) is 11.1. The van der Waals surface area contributed by atoms with Crippen LogP contribution in [0.25, 0.3) is 6.08 Å². The lowest BCUT2D eigenvalue weighted by Crippen LogP contribution is -2.16. The fourth-order valence-electron chi connectivity index (χ4n) is 1.96. The number of nitrogens with zero attached hydrogens (tertiary/aromatic N) is 1. The van der Waals surface area contributed by atoms with Gasteiger partial charge in [0.25, 0.3) is 0 Å². The van der Waals surface area contributed by atoms with E-state index in [9.17, 15) is 26.3 Å². The van der Waals surface area contributed by atoms with Gasteiger partial charge in [0, 0.05) is 6.20 Å². The summed E-state index contributed by atoms with van der Waals surface area (Å²) in [6.45, 7) is 0. The van der Waals surface area contributed by atoms with Crippen molar-refractivity contribution in [3.8, 4) is 5.75 Å². The number of alkyl halides is 6. The summed E-state index contributed by atoms with van der Waals surface area (Å²) in [7, 11) is 0. The lowest BCUT2D eigenvalue weighted by atomic mass is 10.1. The summed E-state index contributed by atoms with van der Waals surface area (Å²) < 4.78 is 78.2. The Morgan fingerprint density at radius 2 is 1.62 bits per heavy atom. The molecule has 0 fully saturated rings. The second-order valence-electron chi connectivity index (χ2n) is 4.73. The number of benzene rings is 1. The van der Waals surface area contributed by atoms with Gasteiger partial charge in [-0.15, -0.1) is 13.2 Å². The highest BCUT2D eigenvalue weighted by atomic mass is 19.4. The van der Waals surface area contributed by atoms with Gasteiger partial charge in [-0.1, -0.05) is 30.4 Å². The maximum absolute atomic E-state index is 12.8. The minimum atomic E-state index is -4.77. The van der Waals surface area contributed by atoms with Crippen LogP contribution in [0.4, 0.5) is 26.3 Å². The highest BCUT2D eigenvalue weighted by Crippen LogP contribution is 2.30. The maximum atomic E-state index is 12.8. The Hall–Kier alpha value is -2.51. The van der Waals surface area contributed by atoms with Crippen LogP contribution in [0.3, 0.4) is 0 Å². The molecular weight excluding hydrogens is 336 g/mol. The SMILES string of the molecule is FC(F)(F)Oc1ccc(C=CCc2cccnc2C(F)(F)F)cc1. The highest BCUT2D eigenvalue weighted by Gasteiger charge is 2.34. The molecule has 2 aromatic rings. The molecule has 0 aliphatic rings. The van der Waals surface area contributed by atoms with E-state index in [1.165, 1.54) is 36.4 Å². The first-order valence-electron chi connectivity index (χ1n) is 6.68. The summed E-state index contributed by atoms with van der Waals surface area (Å²) in [6, 6.07) is 7.70. The zero-order chi connectivity index (χ0) is 17.8. The van der Waals surface area contributed by atoms with E-state index in [2.05, 4.69) is 9.72 Å². The summed E-state index contributed by atoms with van der Waals surface area (Å²) in [6.07, 6.45) is -5.28. The lowest BCUT2D eigenvalue weighted by molar-refractivity contribution is -0.274. The standard InChI is InChI=1S/C16H11F6NO/c17-15(18,19)14-12(5-2-10-23-14)4-1-3-11-6-8-13(9-7-11)24-16(20,21)22/h1-3,5-10H,4H2. The van der Waals surface area contributed by atoms with E-state index in [0.29, 0.717) is 5.56 Å². The van der Waals surface area contributed by atoms with E-state index >= 15 is 0 Å². The molecule has 1 aromatic carbocycles. The smallest absolute Gasteiger partial charge is 0.406 e. The van der Waals surface area contributed by atoms with E-state index in [1.807, 2.05) is 0 Å². The normalized spacial score (nSPS) is 12.6. The quantitative estimate of drug-likeness (QED) is 0.705. The molecule has 0 N–H and O–H groups in total. The van der Waals surface area contributed by atoms with Crippen molar-refractivity contribution < 1.29 is 31.1 Å². The van der Waals surface area contributed by atoms with Gasteiger partial charge in [-0.05, 0) is 35.7 Å². The number of pyridine rings is 1. The first kappa shape index (κ1) is 17.8. The van der Waals surface area contributed by atoms with Gasteiger partial charge >= 0.3 is 12.5 Å². The van der Waals surface area contributed by atoms with Crippen molar-refractivity contribution in [3.05, 3.63) is 65.5 Å². The molecule has 128 valence electrons. The van der Waals surface area contributed by atoms with Gasteiger partial charge < -0.3 is 4.74 Å². The monoisotopic (exact) mass is 347 g/mol. The van der Waals surface area contributed by atoms with E-state index in [-0.39, 0.29) is 17.7 Å². The minimum absolute atomic E-state index is 0.0104. The number of hydrogen-bond donors (Lipinski definition) is 0. The summed E-state index contributed by atoms with van der Waals surface area (Å²) in [5, 5.41) is 0. The van der Waals surface area contributed by atoms with E-state index in [0.717, 1.165) is 18.3 Å². The van der Waals surface area contributed by atoms with Crippen molar-refractivity contribution in [2.75, 3.05) is 0 Å². The summed E-state index contributed by atoms with van der Waals surface area (Å²) in [5.74, 6) is -0.369. The van der Waals surface area contributed by atoms with E-state index in [1.54, 1.807) is 0 Å². The van der Waals surface area contributed by atoms with Crippen LogP contribution >= 0.6 is 0 Å². The van der Waals surface area contributed by atoms with Gasteiger partial charge in [0.1, 0.15) is 11.4 Å². The highest BCUT2D eigenvalue weighted by molar-refractivity contribution is 5.51. The topological polar surface area (TPSA) is 22.1 Å². The molecule has 0 unspecified atom stereocenters. The Bertz CT molecular complexity index is 704. The molecule has 0 aliphatic heterocycles. The third-order valence-electron chi connectivity index (χ3n) is 2.92. The molecule has 1 aromatic heterocycles. The number of ether oxygens (including phenoxy) is 1. The van der Waals surface area contributed by atoms with Crippen molar-refractivity contribution in [2.45, 2.75) is 19.0 Å². The zero-order valence-corrected chi connectivity index (χ0v) is 12.0. The average Bonchev–Trinajstić information content (AvgIpc) is 2.47. The molecule has 24 heavy (non-hydrogen) atoms. The fraction of sp³-hybridized carbons (Fsp3) is 0.188. The molecule has 0 aliphatic carbocycles. The average molecular weight is 347 g/mol. The second-order valence-corrected chi connectivity index (χ2v) is 4.73. The zero-order valence-electron chi connectivity index (χ0n) is 12.0. The molecule has 1 heterocycles. The van der Waals surface area contributed by atoms with Crippen molar-refractivity contribution in [1.29, 1.82) is 0 Å². The van der Waals surface area contributed by atoms with Crippen LogP contribution in [0.1, 0.15) is 16.8 Å². The van der Waals surface area contributed by atoms with Crippen molar-refractivity contribution >= 4 is 6.08 Å². The minimum Gasteiger partial charge on any atom is -0.406 e. The Balaban J connectivity index is 2.05. The Kier molecular flexibility index (Phi) is 5.16. The fourth-order valence-corrected chi connectivity index (χ4v) is 1.96. The van der Waals surface area contributed by atoms with Crippen LogP contribution in [-0.4, -0.2) is 11.3 Å². The van der Waals surface area contributed by atoms with Crippen LogP contribution in [0.2, 0.25) is 0 Å². The maximum Gasteiger partial charge on any atom is 0.573 e. The van der Waals surface area contributed by atoms with Crippen LogP contribution in [0.5, 0.6) is 5.75 Å². The Morgan fingerprint density at radius 1 is 0.958 bits per heavy atom. The Morgan fingerprint density at radius 3 is 2.21 bits per heavy atom. The van der Waals surface area contributed by atoms with Gasteiger partial charge in [0.05, 0.1) is 0 Å². The van der Waals surface area contributed by atoms with Crippen molar-refractivity contribution in [3.63, 3.8) is 0 Å². The number of hydrogen-bond acceptors (Lipinski definition) is 2. The molecule has 0 saturated carbocycles. The predicted octanol–water partition coefficient (Wildman–Crippen LogP) is 5.25. The van der Waals surface area contributed by atoms with Gasteiger partial charge in [0.2, 0.25) is 0 Å². The number of allylic oxidation sites excluding steroid dienone is 1. The van der Waals surface area contributed by atoms with Gasteiger partial charge in [-0.2, -0.15) is 13.2 Å². The third kappa shape index (κ3) is 5.29. The molecule has 0 bridgehead atoms. The largest absolute Gasteiger partial charge is 0.573 e. The molecule has 8 heteroatoms. The summed E-state index contributed by atoms with van der Waals surface area (Å²) in [5.41, 5.74) is -0.413. The molecular formula is C16H11F6NO. The van der Waals surface area contributed by atoms with E-state index in [4.69, 9.17) is 0 Å². The molecule has 0 atom stereocenters. The lowest BCUT2D eigenvalue weighted by Gasteiger charge is -2.09. The summed E-state index contributed by atoms with van der Waals surface area (Å²) >= 11 is 0. The van der Waals surface area contributed by atoms with E-state index < -0.39 is 18.2 Å². The molecule has 0 saturated heterocycles. The molecule has 0 amide bonds. The number of halogens is 6. The first-order valence-corrected chi connectivity index (χ1v) is 6.68. The van der Waals surface area contributed by atoms with Crippen LogP contribution in [0, 0.1) is 0 Å². The van der Waals surface area contributed by atoms with Crippen molar-refractivity contribution in [1.82, 2.24) is 4.98 Å². The molecule has 2 nitrogen and oxygen atoms in total. The number of rotatable bonds is 4. The van der Waals surface area contributed by atoms with Gasteiger partial charge in [-0.25, -0.2) is 0 Å². The molecule has 0 radical (unpaired) electrons. The van der Waals surface area contributed by atoms with Crippen molar-refractivity contribution in [2.24, 2.45) is 0 Å². The van der Waals surface area contributed by atoms with Crippen LogP contribution < -0.4 is 4.74 Å².